The van der Waals surface area contributed by atoms with E-state index >= 15 is 0 Å². The minimum Gasteiger partial charge on any atom is -0.508 e. The van der Waals surface area contributed by atoms with Crippen LogP contribution in [0, 0.1) is 0 Å². The van der Waals surface area contributed by atoms with Crippen LogP contribution in [0.2, 0.25) is 0 Å². The van der Waals surface area contributed by atoms with Crippen LogP contribution in [-0.2, 0) is 6.42 Å². The second-order valence-electron chi connectivity index (χ2n) is 18.5. The topological polar surface area (TPSA) is 60.7 Å². The van der Waals surface area contributed by atoms with Gasteiger partial charge in [0.25, 0.3) is 0 Å². The number of phenolic OH excluding ortho intramolecular Hbond substituents is 3. The van der Waals surface area contributed by atoms with Crippen molar-refractivity contribution in [1.29, 1.82) is 0 Å². The van der Waals surface area contributed by atoms with Gasteiger partial charge in [0.2, 0.25) is 0 Å². The zero-order valence-electron chi connectivity index (χ0n) is 37.6. The Labute approximate surface area is 401 Å². The van der Waals surface area contributed by atoms with Crippen LogP contribution in [0.4, 0.5) is 0 Å². The van der Waals surface area contributed by atoms with Crippen LogP contribution in [-0.4, -0.2) is 15.3 Å². The van der Waals surface area contributed by atoms with Gasteiger partial charge in [-0.1, -0.05) is 146 Å². The molecule has 3 heteroatoms. The van der Waals surface area contributed by atoms with E-state index in [-0.39, 0.29) is 23.2 Å². The van der Waals surface area contributed by atoms with Crippen LogP contribution in [0.15, 0.2) is 218 Å². The number of hydrogen-bond acceptors (Lipinski definition) is 3. The number of fused-ring (bicyclic) bond motifs is 9. The molecule has 0 bridgehead atoms. The largest absolute Gasteiger partial charge is 0.508 e. The second kappa shape index (κ2) is 16.2. The molecule has 326 valence electrons. The van der Waals surface area contributed by atoms with Crippen LogP contribution in [0.3, 0.4) is 0 Å². The van der Waals surface area contributed by atoms with Crippen molar-refractivity contribution in [2.75, 3.05) is 0 Å². The first-order valence-electron chi connectivity index (χ1n) is 23.6. The van der Waals surface area contributed by atoms with Gasteiger partial charge in [0.1, 0.15) is 17.2 Å². The van der Waals surface area contributed by atoms with Crippen LogP contribution in [0.5, 0.6) is 17.2 Å². The van der Waals surface area contributed by atoms with E-state index in [9.17, 15) is 15.3 Å². The summed E-state index contributed by atoms with van der Waals surface area (Å²) in [4.78, 5) is 0. The summed E-state index contributed by atoms with van der Waals surface area (Å²) in [5.74, 6) is 0.942. The molecule has 0 amide bonds. The fourth-order valence-electron chi connectivity index (χ4n) is 11.0. The van der Waals surface area contributed by atoms with Gasteiger partial charge in [-0.05, 0) is 219 Å². The highest BCUT2D eigenvalue weighted by molar-refractivity contribution is 6.09. The molecule has 0 aliphatic heterocycles. The van der Waals surface area contributed by atoms with Crippen LogP contribution >= 0.6 is 0 Å². The fraction of sp³-hybridized carbons (Fsp3) is 0.0303. The number of rotatable bonds is 7. The van der Waals surface area contributed by atoms with E-state index in [0.717, 1.165) is 62.1 Å². The lowest BCUT2D eigenvalue weighted by atomic mass is 9.87. The lowest BCUT2D eigenvalue weighted by Gasteiger charge is -2.17. The first kappa shape index (κ1) is 40.4. The van der Waals surface area contributed by atoms with Crippen molar-refractivity contribution >= 4 is 23.3 Å². The van der Waals surface area contributed by atoms with E-state index in [1.165, 1.54) is 72.3 Å². The molecule has 10 aromatic carbocycles. The molecule has 10 aromatic rings. The molecule has 69 heavy (non-hydrogen) atoms. The van der Waals surface area contributed by atoms with Gasteiger partial charge in [0.15, 0.2) is 0 Å². The number of benzene rings is 10. The van der Waals surface area contributed by atoms with E-state index < -0.39 is 0 Å². The monoisotopic (exact) mass is 884 g/mol. The van der Waals surface area contributed by atoms with Crippen LogP contribution in [0.25, 0.3) is 90.1 Å². The third kappa shape index (κ3) is 7.06. The Hall–Kier alpha value is -8.92. The van der Waals surface area contributed by atoms with Crippen molar-refractivity contribution in [3.05, 3.63) is 268 Å². The lowest BCUT2D eigenvalue weighted by molar-refractivity contribution is 0.474. The van der Waals surface area contributed by atoms with Gasteiger partial charge in [-0.15, -0.1) is 0 Å². The normalized spacial score (nSPS) is 14.8. The molecule has 0 aromatic heterocycles. The molecule has 0 fully saturated rings. The molecular formula is C66H44O3. The zero-order valence-corrected chi connectivity index (χ0v) is 37.6. The Morgan fingerprint density at radius 2 is 0.667 bits per heavy atom. The van der Waals surface area contributed by atoms with Crippen molar-refractivity contribution in [3.8, 4) is 84.0 Å². The third-order valence-electron chi connectivity index (χ3n) is 14.4. The molecule has 3 N–H and O–H groups in total. The highest BCUT2D eigenvalue weighted by Crippen LogP contribution is 2.51. The van der Waals surface area contributed by atoms with E-state index in [1.807, 2.05) is 36.4 Å². The van der Waals surface area contributed by atoms with E-state index in [1.54, 1.807) is 36.4 Å². The first-order valence-corrected chi connectivity index (χ1v) is 23.6. The van der Waals surface area contributed by atoms with Gasteiger partial charge in [0, 0.05) is 5.92 Å². The minimum atomic E-state index is 0.164. The molecule has 3 aliphatic rings. The maximum atomic E-state index is 10.1. The van der Waals surface area contributed by atoms with Gasteiger partial charge < -0.3 is 15.3 Å². The average molecular weight is 885 g/mol. The predicted octanol–water partition coefficient (Wildman–Crippen LogP) is 16.3. The highest BCUT2D eigenvalue weighted by Gasteiger charge is 2.30. The smallest absolute Gasteiger partial charge is 0.115 e. The fourth-order valence-corrected chi connectivity index (χ4v) is 11.0. The van der Waals surface area contributed by atoms with Gasteiger partial charge in [0.05, 0.1) is 0 Å². The van der Waals surface area contributed by atoms with Crippen molar-refractivity contribution in [3.63, 3.8) is 0 Å². The summed E-state index contributed by atoms with van der Waals surface area (Å²) < 4.78 is 0. The van der Waals surface area contributed by atoms with Gasteiger partial charge >= 0.3 is 0 Å². The Morgan fingerprint density at radius 1 is 0.290 bits per heavy atom. The summed E-state index contributed by atoms with van der Waals surface area (Å²) in [7, 11) is 0. The van der Waals surface area contributed by atoms with Crippen LogP contribution < -0.4 is 0 Å². The molecule has 1 unspecified atom stereocenters. The molecular weight excluding hydrogens is 841 g/mol. The Bertz CT molecular complexity index is 3590. The van der Waals surface area contributed by atoms with Crippen molar-refractivity contribution in [2.45, 2.75) is 12.3 Å². The SMILES string of the molecule is Oc1ccc(/C=C2\c3ccccc3-c3ccc(-c4cc(-c5ccc6c(c5)/C(=C/c5ccc(O)cc5)c5ccccc5-6)cc(-c5ccc6c(c5)C(Cc5ccc(O)cc5)c5ccccc5-6)c4)cc32)cc1. The number of hydrogen-bond donors (Lipinski definition) is 3. The van der Waals surface area contributed by atoms with Gasteiger partial charge in [-0.3, -0.25) is 0 Å². The van der Waals surface area contributed by atoms with E-state index in [2.05, 4.69) is 158 Å². The summed E-state index contributed by atoms with van der Waals surface area (Å²) in [6, 6.07) is 76.4. The molecule has 0 saturated carbocycles. The Balaban J connectivity index is 0.983. The third-order valence-corrected chi connectivity index (χ3v) is 14.4. The summed E-state index contributed by atoms with van der Waals surface area (Å²) in [5, 5.41) is 30.3. The molecule has 0 radical (unpaired) electrons. The summed E-state index contributed by atoms with van der Waals surface area (Å²) >= 11 is 0. The highest BCUT2D eigenvalue weighted by atomic mass is 16.3. The predicted molar refractivity (Wildman–Crippen MR) is 283 cm³/mol. The Morgan fingerprint density at radius 3 is 1.16 bits per heavy atom. The van der Waals surface area contributed by atoms with Crippen molar-refractivity contribution < 1.29 is 15.3 Å². The first-order chi connectivity index (χ1) is 33.9. The summed E-state index contributed by atoms with van der Waals surface area (Å²) in [6.45, 7) is 0. The summed E-state index contributed by atoms with van der Waals surface area (Å²) in [5.41, 5.74) is 27.2. The van der Waals surface area contributed by atoms with Crippen LogP contribution in [0.1, 0.15) is 56.0 Å². The van der Waals surface area contributed by atoms with Crippen molar-refractivity contribution in [1.82, 2.24) is 0 Å². The molecule has 0 spiro atoms. The maximum absolute atomic E-state index is 10.1. The van der Waals surface area contributed by atoms with E-state index in [0.29, 0.717) is 0 Å². The molecule has 3 nitrogen and oxygen atoms in total. The van der Waals surface area contributed by atoms with E-state index in [4.69, 9.17) is 0 Å². The molecule has 13 rings (SSSR count). The summed E-state index contributed by atoms with van der Waals surface area (Å²) in [6.07, 6.45) is 5.30. The standard InChI is InChI=1S/C66H44O3/c67-49-22-13-40(14-23-49)31-61-55-10-4-1-7-52(55)58-28-19-43(37-64(58)61)46-34-47(44-20-29-59-53-8-2-5-11-56(53)62(65(59)38-44)32-41-15-24-50(68)25-16-41)36-48(35-46)45-21-30-60-54-9-3-6-12-57(54)63(66(60)39-45)33-42-17-26-51(69)27-18-42/h1-32,34-39,63,67-69H,33H2/b61-31+,62-32+. The van der Waals surface area contributed by atoms with Gasteiger partial charge in [-0.25, -0.2) is 0 Å². The minimum absolute atomic E-state index is 0.164. The molecule has 3 aliphatic carbocycles. The molecule has 0 saturated heterocycles. The average Bonchev–Trinajstić information content (AvgIpc) is 4.00. The number of phenols is 3. The quantitative estimate of drug-likeness (QED) is 0.149. The van der Waals surface area contributed by atoms with Crippen molar-refractivity contribution in [2.24, 2.45) is 0 Å². The molecule has 0 heterocycles. The Kier molecular flexibility index (Phi) is 9.45. The number of aromatic hydroxyl groups is 3. The maximum Gasteiger partial charge on any atom is 0.115 e. The zero-order chi connectivity index (χ0) is 46.2. The lowest BCUT2D eigenvalue weighted by Crippen LogP contribution is -2.01. The molecule has 1 atom stereocenters. The van der Waals surface area contributed by atoms with Gasteiger partial charge in [-0.2, -0.15) is 0 Å². The second-order valence-corrected chi connectivity index (χ2v) is 18.5.